The Morgan fingerprint density at radius 1 is 0.826 bits per heavy atom. The molecule has 0 aliphatic heterocycles. The molecule has 5 nitrogen and oxygen atoms in total. The number of allylic oxidation sites excluding steroid dienone is 1. The topological polar surface area (TPSA) is 69.7 Å². The highest BCUT2D eigenvalue weighted by atomic mass is 16.6. The normalized spacial score (nSPS) is 10.7. The molecule has 0 aromatic heterocycles. The van der Waals surface area contributed by atoms with Crippen LogP contribution in [0.5, 0.6) is 0 Å². The van der Waals surface area contributed by atoms with Crippen molar-refractivity contribution >= 4 is 17.7 Å². The molecule has 0 unspecified atom stereocenters. The number of benzene rings is 2. The summed E-state index contributed by atoms with van der Waals surface area (Å²) in [6, 6.07) is 16.5. The van der Waals surface area contributed by atoms with Crippen molar-refractivity contribution in [2.45, 2.75) is 0 Å². The van der Waals surface area contributed by atoms with Crippen LogP contribution in [0, 0.1) is 0 Å². The SMILES string of the molecule is COC(=O)C(=CC(=O)c1ccccc1)OC(=O)c1ccccc1. The van der Waals surface area contributed by atoms with Crippen LogP contribution in [0.15, 0.2) is 72.5 Å². The van der Waals surface area contributed by atoms with E-state index in [1.165, 1.54) is 12.1 Å². The molecule has 0 saturated carbocycles. The molecule has 116 valence electrons. The van der Waals surface area contributed by atoms with Crippen molar-refractivity contribution in [1.29, 1.82) is 0 Å². The average molecular weight is 310 g/mol. The molecule has 0 fully saturated rings. The predicted octanol–water partition coefficient (Wildman–Crippen LogP) is 2.78. The second-order valence-electron chi connectivity index (χ2n) is 4.49. The molecule has 23 heavy (non-hydrogen) atoms. The van der Waals surface area contributed by atoms with Gasteiger partial charge in [0, 0.05) is 11.6 Å². The maximum Gasteiger partial charge on any atom is 0.374 e. The van der Waals surface area contributed by atoms with Crippen molar-refractivity contribution in [3.8, 4) is 0 Å². The first kappa shape index (κ1) is 16.2. The minimum atomic E-state index is -0.904. The minimum Gasteiger partial charge on any atom is -0.463 e. The average Bonchev–Trinajstić information content (AvgIpc) is 2.61. The number of hydrogen-bond donors (Lipinski definition) is 0. The van der Waals surface area contributed by atoms with Crippen LogP contribution >= 0.6 is 0 Å². The molecule has 2 rings (SSSR count). The third kappa shape index (κ3) is 4.38. The molecule has 0 aliphatic rings. The number of methoxy groups -OCH3 is 1. The van der Waals surface area contributed by atoms with E-state index in [0.29, 0.717) is 5.56 Å². The Morgan fingerprint density at radius 3 is 1.87 bits per heavy atom. The second kappa shape index (κ2) is 7.70. The van der Waals surface area contributed by atoms with Crippen LogP contribution in [0.25, 0.3) is 0 Å². The first-order valence-electron chi connectivity index (χ1n) is 6.78. The van der Waals surface area contributed by atoms with E-state index in [4.69, 9.17) is 4.74 Å². The number of carbonyl (C=O) groups excluding carboxylic acids is 3. The van der Waals surface area contributed by atoms with Crippen LogP contribution in [-0.4, -0.2) is 24.8 Å². The zero-order chi connectivity index (χ0) is 16.7. The van der Waals surface area contributed by atoms with Gasteiger partial charge in [0.1, 0.15) is 0 Å². The van der Waals surface area contributed by atoms with E-state index >= 15 is 0 Å². The maximum absolute atomic E-state index is 12.1. The number of esters is 2. The lowest BCUT2D eigenvalue weighted by Crippen LogP contribution is -2.15. The Labute approximate surface area is 133 Å². The van der Waals surface area contributed by atoms with Gasteiger partial charge in [0.2, 0.25) is 5.76 Å². The first-order valence-corrected chi connectivity index (χ1v) is 6.78. The Hall–Kier alpha value is -3.21. The lowest BCUT2D eigenvalue weighted by molar-refractivity contribution is -0.139. The maximum atomic E-state index is 12.1. The van der Waals surface area contributed by atoms with Gasteiger partial charge < -0.3 is 9.47 Å². The lowest BCUT2D eigenvalue weighted by atomic mass is 10.1. The van der Waals surface area contributed by atoms with E-state index in [0.717, 1.165) is 13.2 Å². The number of ketones is 1. The van der Waals surface area contributed by atoms with Crippen LogP contribution in [0.1, 0.15) is 20.7 Å². The third-order valence-electron chi connectivity index (χ3n) is 2.92. The fourth-order valence-electron chi connectivity index (χ4n) is 1.77. The van der Waals surface area contributed by atoms with Crippen molar-refractivity contribution in [2.24, 2.45) is 0 Å². The van der Waals surface area contributed by atoms with Gasteiger partial charge in [0.05, 0.1) is 12.7 Å². The Morgan fingerprint density at radius 2 is 1.35 bits per heavy atom. The van der Waals surface area contributed by atoms with Crippen LogP contribution in [-0.2, 0) is 14.3 Å². The van der Waals surface area contributed by atoms with Crippen LogP contribution in [0.3, 0.4) is 0 Å². The summed E-state index contributed by atoms with van der Waals surface area (Å²) < 4.78 is 9.56. The molecule has 0 heterocycles. The van der Waals surface area contributed by atoms with Gasteiger partial charge in [-0.25, -0.2) is 9.59 Å². The van der Waals surface area contributed by atoms with E-state index in [1.807, 2.05) is 0 Å². The number of hydrogen-bond acceptors (Lipinski definition) is 5. The summed E-state index contributed by atoms with van der Waals surface area (Å²) >= 11 is 0. The lowest BCUT2D eigenvalue weighted by Gasteiger charge is -2.07. The van der Waals surface area contributed by atoms with E-state index < -0.39 is 23.5 Å². The van der Waals surface area contributed by atoms with Gasteiger partial charge in [-0.3, -0.25) is 4.79 Å². The van der Waals surface area contributed by atoms with Gasteiger partial charge in [0.15, 0.2) is 5.78 Å². The van der Waals surface area contributed by atoms with E-state index in [1.54, 1.807) is 48.5 Å². The second-order valence-corrected chi connectivity index (χ2v) is 4.49. The number of ether oxygens (including phenoxy) is 2. The van der Waals surface area contributed by atoms with Crippen molar-refractivity contribution < 1.29 is 23.9 Å². The molecular weight excluding hydrogens is 296 g/mol. The summed E-state index contributed by atoms with van der Waals surface area (Å²) in [5, 5.41) is 0. The number of rotatable bonds is 5. The monoisotopic (exact) mass is 310 g/mol. The molecule has 0 radical (unpaired) electrons. The molecule has 2 aromatic carbocycles. The Kier molecular flexibility index (Phi) is 5.41. The van der Waals surface area contributed by atoms with Gasteiger partial charge in [-0.05, 0) is 12.1 Å². The molecule has 0 bridgehead atoms. The first-order chi connectivity index (χ1) is 11.1. The van der Waals surface area contributed by atoms with E-state index in [2.05, 4.69) is 4.74 Å². The molecule has 0 saturated heterocycles. The molecule has 0 atom stereocenters. The summed E-state index contributed by atoms with van der Waals surface area (Å²) in [4.78, 5) is 35.9. The van der Waals surface area contributed by atoms with Gasteiger partial charge in [-0.15, -0.1) is 0 Å². The van der Waals surface area contributed by atoms with Gasteiger partial charge >= 0.3 is 11.9 Å². The smallest absolute Gasteiger partial charge is 0.374 e. The van der Waals surface area contributed by atoms with Gasteiger partial charge in [-0.2, -0.15) is 0 Å². The molecule has 0 aliphatic carbocycles. The zero-order valence-corrected chi connectivity index (χ0v) is 12.4. The predicted molar refractivity (Wildman–Crippen MR) is 82.7 cm³/mol. The highest BCUT2D eigenvalue weighted by molar-refractivity contribution is 6.09. The largest absolute Gasteiger partial charge is 0.463 e. The van der Waals surface area contributed by atoms with Crippen LogP contribution < -0.4 is 0 Å². The summed E-state index contributed by atoms with van der Waals surface area (Å²) in [6.45, 7) is 0. The van der Waals surface area contributed by atoms with Crippen LogP contribution in [0.4, 0.5) is 0 Å². The molecule has 2 aromatic rings. The highest BCUT2D eigenvalue weighted by Crippen LogP contribution is 2.10. The van der Waals surface area contributed by atoms with Gasteiger partial charge in [0.25, 0.3) is 0 Å². The Bertz CT molecular complexity index is 733. The van der Waals surface area contributed by atoms with Gasteiger partial charge in [-0.1, -0.05) is 48.5 Å². The van der Waals surface area contributed by atoms with E-state index in [-0.39, 0.29) is 5.56 Å². The molecular formula is C18H14O5. The summed E-state index contributed by atoms with van der Waals surface area (Å²) in [5.41, 5.74) is 0.624. The van der Waals surface area contributed by atoms with Crippen molar-refractivity contribution in [2.75, 3.05) is 7.11 Å². The highest BCUT2D eigenvalue weighted by Gasteiger charge is 2.19. The summed E-state index contributed by atoms with van der Waals surface area (Å²) in [6.07, 6.45) is 0.946. The molecule has 5 heteroatoms. The number of carbonyl (C=O) groups is 3. The summed E-state index contributed by atoms with van der Waals surface area (Å²) in [7, 11) is 1.14. The Balaban J connectivity index is 2.24. The van der Waals surface area contributed by atoms with Crippen molar-refractivity contribution in [3.05, 3.63) is 83.6 Å². The van der Waals surface area contributed by atoms with Crippen LogP contribution in [0.2, 0.25) is 0 Å². The standard InChI is InChI=1S/C18H14O5/c1-22-18(21)16(12-15(19)13-8-4-2-5-9-13)23-17(20)14-10-6-3-7-11-14/h2-12H,1H3. The molecule has 0 amide bonds. The zero-order valence-electron chi connectivity index (χ0n) is 12.4. The fourth-order valence-corrected chi connectivity index (χ4v) is 1.77. The fraction of sp³-hybridized carbons (Fsp3) is 0.0556. The molecule has 0 N–H and O–H groups in total. The third-order valence-corrected chi connectivity index (χ3v) is 2.92. The van der Waals surface area contributed by atoms with Crippen molar-refractivity contribution in [1.82, 2.24) is 0 Å². The minimum absolute atomic E-state index is 0.259. The quantitative estimate of drug-likeness (QED) is 0.367. The van der Waals surface area contributed by atoms with E-state index in [9.17, 15) is 14.4 Å². The van der Waals surface area contributed by atoms with Crippen molar-refractivity contribution in [3.63, 3.8) is 0 Å². The summed E-state index contributed by atoms with van der Waals surface area (Å²) in [5.74, 6) is -2.58. The molecule has 0 spiro atoms.